The van der Waals surface area contributed by atoms with E-state index in [4.69, 9.17) is 10.5 Å². The van der Waals surface area contributed by atoms with Crippen LogP contribution in [0.25, 0.3) is 0 Å². The first-order valence-corrected chi connectivity index (χ1v) is 5.28. The highest BCUT2D eigenvalue weighted by Crippen LogP contribution is 2.17. The second-order valence-corrected chi connectivity index (χ2v) is 3.59. The smallest absolute Gasteiger partial charge is 0.346 e. The number of ether oxygens (including phenoxy) is 1. The van der Waals surface area contributed by atoms with Crippen molar-refractivity contribution in [1.82, 2.24) is 10.5 Å². The molecule has 3 N–H and O–H groups in total. The number of rotatable bonds is 5. The number of anilines is 1. The first kappa shape index (κ1) is 13.8. The summed E-state index contributed by atoms with van der Waals surface area (Å²) in [6, 6.07) is 0. The standard InChI is InChI=1S/C11H15N3O4/c1-4-5-13-10(15)7(3)17-11(16)8-6(2)14-18-9(8)12/h4,7H,1,5,12H2,2-3H3,(H,13,15). The molecule has 1 aromatic heterocycles. The Labute approximate surface area is 104 Å². The number of hydrogen-bond acceptors (Lipinski definition) is 6. The number of nitrogens with two attached hydrogens (primary N) is 1. The second-order valence-electron chi connectivity index (χ2n) is 3.59. The van der Waals surface area contributed by atoms with Crippen LogP contribution in [0.4, 0.5) is 5.88 Å². The molecule has 1 rings (SSSR count). The minimum atomic E-state index is -0.939. The molecule has 0 aliphatic rings. The highest BCUT2D eigenvalue weighted by molar-refractivity contribution is 5.96. The van der Waals surface area contributed by atoms with Gasteiger partial charge >= 0.3 is 5.97 Å². The molecule has 1 aromatic rings. The SMILES string of the molecule is C=CCNC(=O)C(C)OC(=O)c1c(C)noc1N. The third-order valence-electron chi connectivity index (χ3n) is 2.17. The summed E-state index contributed by atoms with van der Waals surface area (Å²) in [6.45, 7) is 6.77. The Kier molecular flexibility index (Phi) is 4.47. The van der Waals surface area contributed by atoms with E-state index in [1.54, 1.807) is 6.92 Å². The Morgan fingerprint density at radius 1 is 1.67 bits per heavy atom. The maximum Gasteiger partial charge on any atom is 0.346 e. The molecular formula is C11H15N3O4. The summed E-state index contributed by atoms with van der Waals surface area (Å²) in [5.41, 5.74) is 5.79. The van der Waals surface area contributed by atoms with Crippen molar-refractivity contribution in [1.29, 1.82) is 0 Å². The maximum atomic E-state index is 11.7. The highest BCUT2D eigenvalue weighted by Gasteiger charge is 2.24. The summed E-state index contributed by atoms with van der Waals surface area (Å²) in [7, 11) is 0. The molecule has 1 amide bonds. The fraction of sp³-hybridized carbons (Fsp3) is 0.364. The van der Waals surface area contributed by atoms with Crippen LogP contribution in [0.2, 0.25) is 0 Å². The van der Waals surface area contributed by atoms with Gasteiger partial charge in [0, 0.05) is 6.54 Å². The van der Waals surface area contributed by atoms with Gasteiger partial charge in [-0.3, -0.25) is 4.79 Å². The van der Waals surface area contributed by atoms with Crippen molar-refractivity contribution < 1.29 is 18.8 Å². The number of esters is 1. The lowest BCUT2D eigenvalue weighted by Crippen LogP contribution is -2.36. The van der Waals surface area contributed by atoms with Crippen LogP contribution in [0.15, 0.2) is 17.2 Å². The van der Waals surface area contributed by atoms with E-state index in [0.29, 0.717) is 12.2 Å². The van der Waals surface area contributed by atoms with Crippen molar-refractivity contribution in [3.8, 4) is 0 Å². The summed E-state index contributed by atoms with van der Waals surface area (Å²) in [5.74, 6) is -1.29. The summed E-state index contributed by atoms with van der Waals surface area (Å²) < 4.78 is 9.59. The summed E-state index contributed by atoms with van der Waals surface area (Å²) in [4.78, 5) is 23.2. The topological polar surface area (TPSA) is 107 Å². The van der Waals surface area contributed by atoms with E-state index in [1.807, 2.05) is 0 Å². The van der Waals surface area contributed by atoms with E-state index >= 15 is 0 Å². The molecule has 0 saturated heterocycles. The number of hydrogen-bond donors (Lipinski definition) is 2. The molecule has 98 valence electrons. The van der Waals surface area contributed by atoms with Crippen LogP contribution >= 0.6 is 0 Å². The maximum absolute atomic E-state index is 11.7. The van der Waals surface area contributed by atoms with Crippen molar-refractivity contribution in [2.45, 2.75) is 20.0 Å². The normalized spacial score (nSPS) is 11.7. The molecule has 1 unspecified atom stereocenters. The van der Waals surface area contributed by atoms with Gasteiger partial charge in [0.1, 0.15) is 5.56 Å². The van der Waals surface area contributed by atoms with E-state index in [2.05, 4.69) is 21.6 Å². The molecule has 0 fully saturated rings. The molecule has 0 radical (unpaired) electrons. The molecule has 1 atom stereocenters. The number of carbonyl (C=O) groups excluding carboxylic acids is 2. The average molecular weight is 253 g/mol. The molecule has 0 aromatic carbocycles. The summed E-state index contributed by atoms with van der Waals surface area (Å²) in [5, 5.41) is 6.03. The van der Waals surface area contributed by atoms with Crippen molar-refractivity contribution in [2.24, 2.45) is 0 Å². The molecule has 7 heteroatoms. The Bertz CT molecular complexity index is 447. The van der Waals surface area contributed by atoms with Gasteiger partial charge in [0.25, 0.3) is 5.91 Å². The van der Waals surface area contributed by atoms with E-state index in [1.165, 1.54) is 13.0 Å². The predicted molar refractivity (Wildman–Crippen MR) is 63.7 cm³/mol. The molecule has 0 bridgehead atoms. The number of nitrogen functional groups attached to an aromatic ring is 1. The van der Waals surface area contributed by atoms with Crippen LogP contribution in [0, 0.1) is 6.92 Å². The van der Waals surface area contributed by atoms with Crippen molar-refractivity contribution in [3.05, 3.63) is 23.9 Å². The van der Waals surface area contributed by atoms with Crippen molar-refractivity contribution >= 4 is 17.8 Å². The van der Waals surface area contributed by atoms with Crippen molar-refractivity contribution in [3.63, 3.8) is 0 Å². The zero-order valence-electron chi connectivity index (χ0n) is 10.2. The third-order valence-corrected chi connectivity index (χ3v) is 2.17. The number of nitrogens with one attached hydrogen (secondary N) is 1. The highest BCUT2D eigenvalue weighted by atomic mass is 16.5. The predicted octanol–water partition coefficient (Wildman–Crippen LogP) is 0.413. The zero-order valence-corrected chi connectivity index (χ0v) is 10.2. The number of amides is 1. The summed E-state index contributed by atoms with van der Waals surface area (Å²) >= 11 is 0. The van der Waals surface area contributed by atoms with Crippen LogP contribution < -0.4 is 11.1 Å². The van der Waals surface area contributed by atoms with Crippen LogP contribution in [-0.4, -0.2) is 29.7 Å². The van der Waals surface area contributed by atoms with Gasteiger partial charge in [-0.05, 0) is 13.8 Å². The molecule has 7 nitrogen and oxygen atoms in total. The fourth-order valence-corrected chi connectivity index (χ4v) is 1.23. The largest absolute Gasteiger partial charge is 0.449 e. The van der Waals surface area contributed by atoms with E-state index in [0.717, 1.165) is 0 Å². The van der Waals surface area contributed by atoms with E-state index in [9.17, 15) is 9.59 Å². The quantitative estimate of drug-likeness (QED) is 0.581. The Morgan fingerprint density at radius 2 is 2.33 bits per heavy atom. The van der Waals surface area contributed by atoms with Crippen LogP contribution in [-0.2, 0) is 9.53 Å². The Balaban J connectivity index is 2.65. The number of aryl methyl sites for hydroxylation is 1. The molecule has 0 aliphatic carbocycles. The van der Waals surface area contributed by atoms with Gasteiger partial charge in [-0.15, -0.1) is 6.58 Å². The molecular weight excluding hydrogens is 238 g/mol. The first-order chi connectivity index (χ1) is 8.47. The summed E-state index contributed by atoms with van der Waals surface area (Å²) in [6.07, 6.45) is 0.584. The van der Waals surface area contributed by atoms with Gasteiger partial charge in [0.05, 0.1) is 5.69 Å². The lowest BCUT2D eigenvalue weighted by atomic mass is 10.2. The molecule has 18 heavy (non-hydrogen) atoms. The Morgan fingerprint density at radius 3 is 2.83 bits per heavy atom. The lowest BCUT2D eigenvalue weighted by molar-refractivity contribution is -0.128. The minimum Gasteiger partial charge on any atom is -0.449 e. The van der Waals surface area contributed by atoms with Gasteiger partial charge in [0.2, 0.25) is 5.88 Å². The number of carbonyl (C=O) groups is 2. The van der Waals surface area contributed by atoms with Gasteiger partial charge in [-0.2, -0.15) is 0 Å². The van der Waals surface area contributed by atoms with Gasteiger partial charge in [0.15, 0.2) is 6.10 Å². The molecule has 1 heterocycles. The fourth-order valence-electron chi connectivity index (χ4n) is 1.23. The molecule has 0 aliphatic heterocycles. The monoisotopic (exact) mass is 253 g/mol. The third kappa shape index (κ3) is 3.09. The van der Waals surface area contributed by atoms with Gasteiger partial charge in [-0.1, -0.05) is 11.2 Å². The second kappa shape index (κ2) is 5.85. The van der Waals surface area contributed by atoms with E-state index in [-0.39, 0.29) is 11.4 Å². The molecule has 0 saturated carbocycles. The Hall–Kier alpha value is -2.31. The zero-order chi connectivity index (χ0) is 13.7. The van der Waals surface area contributed by atoms with E-state index < -0.39 is 18.0 Å². The van der Waals surface area contributed by atoms with Gasteiger partial charge < -0.3 is 20.3 Å². The first-order valence-electron chi connectivity index (χ1n) is 5.28. The van der Waals surface area contributed by atoms with Crippen LogP contribution in [0.3, 0.4) is 0 Å². The minimum absolute atomic E-state index is 0.0402. The van der Waals surface area contributed by atoms with Crippen LogP contribution in [0.5, 0.6) is 0 Å². The molecule has 0 spiro atoms. The van der Waals surface area contributed by atoms with Gasteiger partial charge in [-0.25, -0.2) is 4.79 Å². The number of nitrogens with zero attached hydrogens (tertiary/aromatic N) is 1. The number of aromatic nitrogens is 1. The van der Waals surface area contributed by atoms with Crippen LogP contribution in [0.1, 0.15) is 23.0 Å². The van der Waals surface area contributed by atoms with Crippen molar-refractivity contribution in [2.75, 3.05) is 12.3 Å². The lowest BCUT2D eigenvalue weighted by Gasteiger charge is -2.12. The average Bonchev–Trinajstić information content (AvgIpc) is 2.65.